The Hall–Kier alpha value is -1.43. The van der Waals surface area contributed by atoms with Gasteiger partial charge in [0, 0.05) is 13.5 Å². The molecule has 0 aromatic carbocycles. The van der Waals surface area contributed by atoms with Crippen molar-refractivity contribution in [1.29, 1.82) is 0 Å². The molecule has 74 valence electrons. The first kappa shape index (κ1) is 11.6. The number of nitrogens with one attached hydrogen (secondary N) is 1. The number of hydrogen-bond donors (Lipinski definition) is 2. The molecule has 0 saturated heterocycles. The first-order valence-electron chi connectivity index (χ1n) is 3.55. The fraction of sp³-hybridized carbons (Fsp3) is 0.571. The van der Waals surface area contributed by atoms with Crippen molar-refractivity contribution >= 4 is 18.2 Å². The molecule has 0 spiro atoms. The lowest BCUT2D eigenvalue weighted by Gasteiger charge is -2.08. The molecular weight excluding hydrogens is 178 g/mol. The van der Waals surface area contributed by atoms with Crippen LogP contribution in [0.1, 0.15) is 6.42 Å². The van der Waals surface area contributed by atoms with Gasteiger partial charge in [0.2, 0.25) is 6.41 Å². The average Bonchev–Trinajstić information content (AvgIpc) is 2.04. The molecule has 0 aliphatic rings. The summed E-state index contributed by atoms with van der Waals surface area (Å²) in [5.74, 6) is -1.61. The third-order valence-corrected chi connectivity index (χ3v) is 1.30. The van der Waals surface area contributed by atoms with Crippen LogP contribution in [0.15, 0.2) is 0 Å². The van der Waals surface area contributed by atoms with Crippen molar-refractivity contribution in [3.05, 3.63) is 0 Å². The number of amides is 1. The molecule has 0 aromatic heterocycles. The maximum atomic E-state index is 10.9. The van der Waals surface area contributed by atoms with E-state index in [9.17, 15) is 14.4 Å². The largest absolute Gasteiger partial charge is 0.480 e. The standard InChI is InChI=1S/C7H11NO5/c1-13-3-5(10)2-6(7(11)12)8-4-9/h4,6H,2-3H2,1H3,(H,8,9)(H,11,12). The summed E-state index contributed by atoms with van der Waals surface area (Å²) in [7, 11) is 1.33. The van der Waals surface area contributed by atoms with Gasteiger partial charge in [-0.2, -0.15) is 0 Å². The van der Waals surface area contributed by atoms with Crippen LogP contribution in [-0.2, 0) is 19.1 Å². The molecule has 0 bridgehead atoms. The average molecular weight is 189 g/mol. The molecule has 6 nitrogen and oxygen atoms in total. The SMILES string of the molecule is COCC(=O)CC(NC=O)C(=O)O. The zero-order valence-electron chi connectivity index (χ0n) is 7.15. The summed E-state index contributed by atoms with van der Waals surface area (Å²) in [5, 5.41) is 10.5. The summed E-state index contributed by atoms with van der Waals surface area (Å²) >= 11 is 0. The van der Waals surface area contributed by atoms with E-state index in [1.165, 1.54) is 7.11 Å². The number of Topliss-reactive ketones (excluding diaryl/α,β-unsaturated/α-hetero) is 1. The van der Waals surface area contributed by atoms with Crippen molar-refractivity contribution in [3.63, 3.8) is 0 Å². The first-order chi connectivity index (χ1) is 6.11. The van der Waals surface area contributed by atoms with E-state index in [0.29, 0.717) is 0 Å². The van der Waals surface area contributed by atoms with Gasteiger partial charge in [-0.1, -0.05) is 0 Å². The van der Waals surface area contributed by atoms with Gasteiger partial charge < -0.3 is 15.2 Å². The van der Waals surface area contributed by atoms with Crippen molar-refractivity contribution < 1.29 is 24.2 Å². The zero-order valence-corrected chi connectivity index (χ0v) is 7.15. The Labute approximate surface area is 74.9 Å². The van der Waals surface area contributed by atoms with Crippen LogP contribution in [0, 0.1) is 0 Å². The Balaban J connectivity index is 4.01. The minimum absolute atomic E-state index is 0.148. The predicted octanol–water partition coefficient (Wildman–Crippen LogP) is -1.21. The van der Waals surface area contributed by atoms with E-state index in [-0.39, 0.29) is 25.2 Å². The fourth-order valence-electron chi connectivity index (χ4n) is 0.747. The maximum Gasteiger partial charge on any atom is 0.326 e. The van der Waals surface area contributed by atoms with E-state index in [0.717, 1.165) is 0 Å². The Bertz CT molecular complexity index is 203. The zero-order chi connectivity index (χ0) is 10.3. The summed E-state index contributed by atoms with van der Waals surface area (Å²) in [6.45, 7) is -0.148. The molecule has 0 heterocycles. The number of methoxy groups -OCH3 is 1. The van der Waals surface area contributed by atoms with Gasteiger partial charge in [-0.3, -0.25) is 9.59 Å². The van der Waals surface area contributed by atoms with Crippen LogP contribution in [0.5, 0.6) is 0 Å². The second-order valence-corrected chi connectivity index (χ2v) is 2.35. The lowest BCUT2D eigenvalue weighted by molar-refractivity contribution is -0.142. The minimum atomic E-state index is -1.24. The number of rotatable bonds is 7. The third kappa shape index (κ3) is 4.91. The fourth-order valence-corrected chi connectivity index (χ4v) is 0.747. The Morgan fingerprint density at radius 2 is 2.23 bits per heavy atom. The van der Waals surface area contributed by atoms with Gasteiger partial charge in [-0.05, 0) is 0 Å². The predicted molar refractivity (Wildman–Crippen MR) is 42.1 cm³/mol. The topological polar surface area (TPSA) is 92.7 Å². The molecule has 1 atom stereocenters. The maximum absolute atomic E-state index is 10.9. The van der Waals surface area contributed by atoms with Crippen molar-refractivity contribution in [3.8, 4) is 0 Å². The summed E-state index contributed by atoms with van der Waals surface area (Å²) in [6, 6.07) is -1.17. The molecule has 0 rings (SSSR count). The molecule has 0 aliphatic carbocycles. The number of aliphatic carboxylic acids is 1. The van der Waals surface area contributed by atoms with E-state index in [1.54, 1.807) is 0 Å². The molecule has 1 amide bonds. The monoisotopic (exact) mass is 189 g/mol. The van der Waals surface area contributed by atoms with Crippen molar-refractivity contribution in [2.75, 3.05) is 13.7 Å². The van der Waals surface area contributed by atoms with Crippen molar-refractivity contribution in [2.45, 2.75) is 12.5 Å². The highest BCUT2D eigenvalue weighted by atomic mass is 16.5. The molecule has 1 unspecified atom stereocenters. The van der Waals surface area contributed by atoms with Gasteiger partial charge >= 0.3 is 5.97 Å². The van der Waals surface area contributed by atoms with Crippen LogP contribution in [0.4, 0.5) is 0 Å². The molecule has 0 radical (unpaired) electrons. The molecule has 0 saturated carbocycles. The van der Waals surface area contributed by atoms with Crippen molar-refractivity contribution in [1.82, 2.24) is 5.32 Å². The number of carbonyl (C=O) groups is 3. The summed E-state index contributed by atoms with van der Waals surface area (Å²) in [4.78, 5) is 31.2. The van der Waals surface area contributed by atoms with E-state index >= 15 is 0 Å². The highest BCUT2D eigenvalue weighted by molar-refractivity contribution is 5.87. The summed E-state index contributed by atoms with van der Waals surface area (Å²) in [5.41, 5.74) is 0. The Morgan fingerprint density at radius 3 is 2.62 bits per heavy atom. The van der Waals surface area contributed by atoms with Crippen LogP contribution in [-0.4, -0.2) is 43.0 Å². The summed E-state index contributed by atoms with van der Waals surface area (Å²) < 4.78 is 4.50. The number of ether oxygens (including phenoxy) is 1. The lowest BCUT2D eigenvalue weighted by Crippen LogP contribution is -2.38. The molecule has 0 fully saturated rings. The van der Waals surface area contributed by atoms with E-state index in [1.807, 2.05) is 5.32 Å². The number of carboxylic acid groups (broad SMARTS) is 1. The number of carboxylic acids is 1. The van der Waals surface area contributed by atoms with Crippen LogP contribution in [0.2, 0.25) is 0 Å². The number of carbonyl (C=O) groups excluding carboxylic acids is 2. The third-order valence-electron chi connectivity index (χ3n) is 1.30. The molecule has 6 heteroatoms. The van der Waals surface area contributed by atoms with Gasteiger partial charge in [-0.15, -0.1) is 0 Å². The van der Waals surface area contributed by atoms with Gasteiger partial charge in [0.25, 0.3) is 0 Å². The normalized spacial score (nSPS) is 11.8. The van der Waals surface area contributed by atoms with Crippen LogP contribution >= 0.6 is 0 Å². The van der Waals surface area contributed by atoms with Crippen LogP contribution < -0.4 is 5.32 Å². The van der Waals surface area contributed by atoms with E-state index < -0.39 is 12.0 Å². The van der Waals surface area contributed by atoms with Gasteiger partial charge in [0.1, 0.15) is 12.6 Å². The smallest absolute Gasteiger partial charge is 0.326 e. The number of ketones is 1. The van der Waals surface area contributed by atoms with Crippen molar-refractivity contribution in [2.24, 2.45) is 0 Å². The minimum Gasteiger partial charge on any atom is -0.480 e. The van der Waals surface area contributed by atoms with E-state index in [2.05, 4.69) is 4.74 Å². The molecule has 0 aliphatic heterocycles. The Kier molecular flexibility index (Phi) is 5.45. The second-order valence-electron chi connectivity index (χ2n) is 2.35. The first-order valence-corrected chi connectivity index (χ1v) is 3.55. The lowest BCUT2D eigenvalue weighted by atomic mass is 10.1. The molecule has 13 heavy (non-hydrogen) atoms. The quantitative estimate of drug-likeness (QED) is 0.490. The number of hydrogen-bond acceptors (Lipinski definition) is 4. The second kappa shape index (κ2) is 6.13. The van der Waals surface area contributed by atoms with Gasteiger partial charge in [-0.25, -0.2) is 4.79 Å². The highest BCUT2D eigenvalue weighted by Gasteiger charge is 2.19. The molecule has 2 N–H and O–H groups in total. The highest BCUT2D eigenvalue weighted by Crippen LogP contribution is 1.93. The Morgan fingerprint density at radius 1 is 1.62 bits per heavy atom. The van der Waals surface area contributed by atoms with Gasteiger partial charge in [0.05, 0.1) is 0 Å². The van der Waals surface area contributed by atoms with Crippen LogP contribution in [0.25, 0.3) is 0 Å². The van der Waals surface area contributed by atoms with Gasteiger partial charge in [0.15, 0.2) is 5.78 Å². The van der Waals surface area contributed by atoms with Crippen LogP contribution in [0.3, 0.4) is 0 Å². The summed E-state index contributed by atoms with van der Waals surface area (Å²) in [6.07, 6.45) is -0.0131. The van der Waals surface area contributed by atoms with E-state index in [4.69, 9.17) is 5.11 Å². The molecule has 0 aromatic rings. The molecular formula is C7H11NO5.